The molecule has 0 aliphatic carbocycles. The van der Waals surface area contributed by atoms with Crippen LogP contribution in [0.4, 0.5) is 0 Å². The summed E-state index contributed by atoms with van der Waals surface area (Å²) in [7, 11) is 0. The van der Waals surface area contributed by atoms with E-state index in [4.69, 9.17) is 23.8 Å². The summed E-state index contributed by atoms with van der Waals surface area (Å²) < 4.78 is 0.451. The highest BCUT2D eigenvalue weighted by Gasteiger charge is 2.32. The molecule has 0 radical (unpaired) electrons. The molecule has 3 rings (SSSR count). The smallest absolute Gasteiger partial charge is 0.266 e. The monoisotopic (exact) mass is 446 g/mol. The van der Waals surface area contributed by atoms with Crippen LogP contribution in [-0.2, 0) is 16.0 Å². The quantitative estimate of drug-likeness (QED) is 0.497. The van der Waals surface area contributed by atoms with Gasteiger partial charge in [-0.3, -0.25) is 14.5 Å². The van der Waals surface area contributed by atoms with Crippen LogP contribution in [0.15, 0.2) is 53.4 Å². The minimum atomic E-state index is -0.188. The fourth-order valence-electron chi connectivity index (χ4n) is 2.71. The van der Waals surface area contributed by atoms with Gasteiger partial charge in [-0.25, -0.2) is 0 Å². The molecule has 2 aromatic carbocycles. The van der Waals surface area contributed by atoms with Crippen molar-refractivity contribution in [1.82, 2.24) is 10.2 Å². The molecule has 2 N–H and O–H groups in total. The van der Waals surface area contributed by atoms with Crippen molar-refractivity contribution < 1.29 is 14.7 Å². The summed E-state index contributed by atoms with van der Waals surface area (Å²) in [5, 5.41) is 12.7. The van der Waals surface area contributed by atoms with Gasteiger partial charge in [-0.1, -0.05) is 59.8 Å². The molecule has 0 atom stereocenters. The molecule has 1 fully saturated rings. The van der Waals surface area contributed by atoms with Crippen molar-refractivity contribution >= 4 is 57.8 Å². The van der Waals surface area contributed by atoms with Gasteiger partial charge in [0.15, 0.2) is 0 Å². The number of carbonyl (C=O) groups is 2. The predicted molar refractivity (Wildman–Crippen MR) is 121 cm³/mol. The number of phenols is 1. The highest BCUT2D eigenvalue weighted by atomic mass is 35.5. The van der Waals surface area contributed by atoms with Crippen molar-refractivity contribution in [3.05, 3.63) is 69.6 Å². The van der Waals surface area contributed by atoms with Crippen LogP contribution in [-0.4, -0.2) is 39.2 Å². The van der Waals surface area contributed by atoms with E-state index in [1.54, 1.807) is 30.3 Å². The molecule has 0 spiro atoms. The number of hydrogen-bond donors (Lipinski definition) is 2. The maximum atomic E-state index is 12.6. The van der Waals surface area contributed by atoms with Crippen LogP contribution in [0.1, 0.15) is 17.5 Å². The molecule has 0 saturated carbocycles. The molecule has 0 aromatic heterocycles. The fourth-order valence-corrected chi connectivity index (χ4v) is 4.15. The standard InChI is InChI=1S/C21H19ClN2O3S2/c22-16-5-1-15(2-6-16)13-18-20(27)24(21(28)29-18)12-10-19(26)23-11-9-14-3-7-17(25)8-4-14/h1-8,13,25H,9-12H2,(H,23,26). The predicted octanol–water partition coefficient (Wildman–Crippen LogP) is 4.00. The second kappa shape index (κ2) is 9.91. The van der Waals surface area contributed by atoms with Gasteiger partial charge in [-0.15, -0.1) is 0 Å². The summed E-state index contributed by atoms with van der Waals surface area (Å²) in [5.41, 5.74) is 1.88. The largest absolute Gasteiger partial charge is 0.508 e. The molecule has 8 heteroatoms. The lowest BCUT2D eigenvalue weighted by Crippen LogP contribution is -2.34. The first-order valence-corrected chi connectivity index (χ1v) is 10.6. The Kier molecular flexibility index (Phi) is 7.30. The highest BCUT2D eigenvalue weighted by molar-refractivity contribution is 8.26. The Morgan fingerprint density at radius 1 is 1.17 bits per heavy atom. The second-order valence-electron chi connectivity index (χ2n) is 6.40. The van der Waals surface area contributed by atoms with E-state index in [9.17, 15) is 14.7 Å². The molecular formula is C21H19ClN2O3S2. The van der Waals surface area contributed by atoms with Gasteiger partial charge in [0.25, 0.3) is 5.91 Å². The zero-order valence-electron chi connectivity index (χ0n) is 15.4. The summed E-state index contributed by atoms with van der Waals surface area (Å²) in [4.78, 5) is 26.7. The average Bonchev–Trinajstić information content (AvgIpc) is 2.96. The molecule has 0 bridgehead atoms. The Morgan fingerprint density at radius 3 is 2.55 bits per heavy atom. The van der Waals surface area contributed by atoms with E-state index in [0.717, 1.165) is 11.1 Å². The van der Waals surface area contributed by atoms with Crippen LogP contribution in [0.25, 0.3) is 6.08 Å². The molecule has 1 saturated heterocycles. The number of halogens is 1. The van der Waals surface area contributed by atoms with Gasteiger partial charge in [-0.2, -0.15) is 0 Å². The van der Waals surface area contributed by atoms with Crippen LogP contribution in [0.2, 0.25) is 5.02 Å². The van der Waals surface area contributed by atoms with Crippen molar-refractivity contribution in [3.63, 3.8) is 0 Å². The lowest BCUT2D eigenvalue weighted by Gasteiger charge is -2.14. The van der Waals surface area contributed by atoms with E-state index >= 15 is 0 Å². The van der Waals surface area contributed by atoms with Crippen LogP contribution in [0.5, 0.6) is 5.75 Å². The zero-order valence-corrected chi connectivity index (χ0v) is 17.8. The molecule has 150 valence electrons. The zero-order chi connectivity index (χ0) is 20.8. The van der Waals surface area contributed by atoms with Gasteiger partial charge >= 0.3 is 0 Å². The van der Waals surface area contributed by atoms with E-state index in [0.29, 0.717) is 27.2 Å². The summed E-state index contributed by atoms with van der Waals surface area (Å²) in [6.07, 6.45) is 2.61. The van der Waals surface area contributed by atoms with Gasteiger partial charge < -0.3 is 10.4 Å². The minimum Gasteiger partial charge on any atom is -0.508 e. The first kappa shape index (κ1) is 21.4. The van der Waals surface area contributed by atoms with E-state index < -0.39 is 0 Å². The van der Waals surface area contributed by atoms with Crippen molar-refractivity contribution in [1.29, 1.82) is 0 Å². The Morgan fingerprint density at radius 2 is 1.86 bits per heavy atom. The lowest BCUT2D eigenvalue weighted by molar-refractivity contribution is -0.123. The number of aromatic hydroxyl groups is 1. The number of nitrogens with one attached hydrogen (secondary N) is 1. The second-order valence-corrected chi connectivity index (χ2v) is 8.51. The Labute approximate surface area is 183 Å². The van der Waals surface area contributed by atoms with E-state index in [1.165, 1.54) is 16.7 Å². The third-order valence-electron chi connectivity index (χ3n) is 4.28. The third-order valence-corrected chi connectivity index (χ3v) is 5.91. The number of thiocarbonyl (C=S) groups is 1. The van der Waals surface area contributed by atoms with Crippen LogP contribution < -0.4 is 5.32 Å². The number of benzene rings is 2. The van der Waals surface area contributed by atoms with Crippen molar-refractivity contribution in [2.75, 3.05) is 13.1 Å². The van der Waals surface area contributed by atoms with Crippen LogP contribution >= 0.6 is 35.6 Å². The summed E-state index contributed by atoms with van der Waals surface area (Å²) in [5.74, 6) is -0.113. The van der Waals surface area contributed by atoms with Gasteiger partial charge in [-0.05, 0) is 47.9 Å². The normalized spacial score (nSPS) is 15.2. The molecular weight excluding hydrogens is 428 g/mol. The minimum absolute atomic E-state index is 0.139. The van der Waals surface area contributed by atoms with Crippen molar-refractivity contribution in [2.45, 2.75) is 12.8 Å². The SMILES string of the molecule is O=C(CCN1C(=O)C(=Cc2ccc(Cl)cc2)SC1=S)NCCc1ccc(O)cc1. The number of thioether (sulfide) groups is 1. The van der Waals surface area contributed by atoms with Gasteiger partial charge in [0.2, 0.25) is 5.91 Å². The average molecular weight is 447 g/mol. The number of hydrogen-bond acceptors (Lipinski definition) is 5. The highest BCUT2D eigenvalue weighted by Crippen LogP contribution is 2.32. The third kappa shape index (κ3) is 6.06. The number of carbonyl (C=O) groups excluding carboxylic acids is 2. The number of rotatable bonds is 7. The maximum Gasteiger partial charge on any atom is 0.266 e. The number of amides is 2. The number of phenolic OH excluding ortho intramolecular Hbond substituents is 1. The first-order valence-electron chi connectivity index (χ1n) is 8.98. The van der Waals surface area contributed by atoms with E-state index in [1.807, 2.05) is 24.3 Å². The Balaban J connectivity index is 1.47. The Bertz CT molecular complexity index is 943. The first-order chi connectivity index (χ1) is 13.9. The maximum absolute atomic E-state index is 12.6. The van der Waals surface area contributed by atoms with Crippen LogP contribution in [0, 0.1) is 0 Å². The van der Waals surface area contributed by atoms with Gasteiger partial charge in [0.1, 0.15) is 10.1 Å². The molecule has 1 aliphatic rings. The summed E-state index contributed by atoms with van der Waals surface area (Å²) in [6.45, 7) is 0.728. The topological polar surface area (TPSA) is 69.6 Å². The number of nitrogens with zero attached hydrogens (tertiary/aromatic N) is 1. The van der Waals surface area contributed by atoms with Gasteiger partial charge in [0, 0.05) is 24.5 Å². The van der Waals surface area contributed by atoms with E-state index in [-0.39, 0.29) is 30.5 Å². The molecule has 2 aromatic rings. The van der Waals surface area contributed by atoms with E-state index in [2.05, 4.69) is 5.32 Å². The summed E-state index contributed by atoms with van der Waals surface area (Å²) >= 11 is 12.4. The molecule has 1 heterocycles. The molecule has 1 aliphatic heterocycles. The molecule has 29 heavy (non-hydrogen) atoms. The molecule has 0 unspecified atom stereocenters. The lowest BCUT2D eigenvalue weighted by atomic mass is 10.1. The van der Waals surface area contributed by atoms with Crippen LogP contribution in [0.3, 0.4) is 0 Å². The van der Waals surface area contributed by atoms with Crippen molar-refractivity contribution in [2.24, 2.45) is 0 Å². The van der Waals surface area contributed by atoms with Crippen molar-refractivity contribution in [3.8, 4) is 5.75 Å². The summed E-state index contributed by atoms with van der Waals surface area (Å²) in [6, 6.07) is 14.0. The fraction of sp³-hybridized carbons (Fsp3) is 0.190. The Hall–Kier alpha value is -2.35. The molecule has 5 nitrogen and oxygen atoms in total. The van der Waals surface area contributed by atoms with Gasteiger partial charge in [0.05, 0.1) is 4.91 Å². The molecule has 2 amide bonds.